The second-order valence-corrected chi connectivity index (χ2v) is 5.50. The molecule has 2 heterocycles. The Morgan fingerprint density at radius 2 is 1.95 bits per heavy atom. The maximum atomic E-state index is 11.8. The molecule has 1 N–H and O–H groups in total. The van der Waals surface area contributed by atoms with Gasteiger partial charge in [-0.2, -0.15) is 0 Å². The Kier molecular flexibility index (Phi) is 5.92. The van der Waals surface area contributed by atoms with Crippen molar-refractivity contribution >= 4 is 11.9 Å². The van der Waals surface area contributed by atoms with Crippen molar-refractivity contribution in [1.29, 1.82) is 0 Å². The fraction of sp³-hybridized carbons (Fsp3) is 0.667. The first-order chi connectivity index (χ1) is 10.2. The number of hydrogen-bond acceptors (Lipinski definition) is 5. The number of hydrogen-bond donors (Lipinski definition) is 1. The van der Waals surface area contributed by atoms with Crippen LogP contribution >= 0.6 is 0 Å². The third-order valence-corrected chi connectivity index (χ3v) is 3.88. The van der Waals surface area contributed by atoms with Gasteiger partial charge < -0.3 is 10.2 Å². The number of amides is 1. The molecule has 0 spiro atoms. The number of nitrogens with one attached hydrogen (secondary N) is 1. The minimum Gasteiger partial charge on any atom is -0.354 e. The van der Waals surface area contributed by atoms with Crippen molar-refractivity contribution in [1.82, 2.24) is 20.2 Å². The molecule has 2 rings (SSSR count). The van der Waals surface area contributed by atoms with Crippen LogP contribution in [0.3, 0.4) is 0 Å². The first kappa shape index (κ1) is 15.7. The number of carbonyl (C=O) groups is 1. The lowest BCUT2D eigenvalue weighted by Gasteiger charge is -2.34. The van der Waals surface area contributed by atoms with E-state index in [4.69, 9.17) is 0 Å². The first-order valence-corrected chi connectivity index (χ1v) is 7.72. The van der Waals surface area contributed by atoms with Crippen LogP contribution in [0.5, 0.6) is 0 Å². The SMILES string of the molecule is CCC(C)NC(=O)CCN1CCN(c2ncccn2)CC1. The number of piperazine rings is 1. The van der Waals surface area contributed by atoms with E-state index in [-0.39, 0.29) is 11.9 Å². The van der Waals surface area contributed by atoms with Gasteiger partial charge in [0.15, 0.2) is 0 Å². The molecule has 1 unspecified atom stereocenters. The van der Waals surface area contributed by atoms with E-state index in [9.17, 15) is 4.79 Å². The summed E-state index contributed by atoms with van der Waals surface area (Å²) in [5.74, 6) is 0.949. The average Bonchev–Trinajstić information content (AvgIpc) is 2.54. The highest BCUT2D eigenvalue weighted by atomic mass is 16.1. The molecule has 0 radical (unpaired) electrons. The van der Waals surface area contributed by atoms with E-state index < -0.39 is 0 Å². The zero-order chi connectivity index (χ0) is 15.1. The van der Waals surface area contributed by atoms with Crippen molar-refractivity contribution < 1.29 is 4.79 Å². The third kappa shape index (κ3) is 4.97. The van der Waals surface area contributed by atoms with Gasteiger partial charge in [-0.3, -0.25) is 9.69 Å². The molecule has 0 bridgehead atoms. The van der Waals surface area contributed by atoms with Crippen LogP contribution in [0.4, 0.5) is 5.95 Å². The predicted molar refractivity (Wildman–Crippen MR) is 83.2 cm³/mol. The first-order valence-electron chi connectivity index (χ1n) is 7.72. The summed E-state index contributed by atoms with van der Waals surface area (Å²) >= 11 is 0. The smallest absolute Gasteiger partial charge is 0.225 e. The van der Waals surface area contributed by atoms with E-state index >= 15 is 0 Å². The van der Waals surface area contributed by atoms with Crippen LogP contribution < -0.4 is 10.2 Å². The Morgan fingerprint density at radius 3 is 2.57 bits per heavy atom. The highest BCUT2D eigenvalue weighted by Crippen LogP contribution is 2.09. The molecule has 6 heteroatoms. The van der Waals surface area contributed by atoms with Crippen LogP contribution in [0.25, 0.3) is 0 Å². The van der Waals surface area contributed by atoms with E-state index in [0.717, 1.165) is 45.1 Å². The van der Waals surface area contributed by atoms with Crippen molar-refractivity contribution in [2.24, 2.45) is 0 Å². The van der Waals surface area contributed by atoms with Gasteiger partial charge in [0, 0.05) is 57.6 Å². The minimum atomic E-state index is 0.151. The lowest BCUT2D eigenvalue weighted by atomic mass is 10.2. The van der Waals surface area contributed by atoms with Crippen molar-refractivity contribution in [3.63, 3.8) is 0 Å². The topological polar surface area (TPSA) is 61.4 Å². The van der Waals surface area contributed by atoms with Gasteiger partial charge in [-0.15, -0.1) is 0 Å². The monoisotopic (exact) mass is 291 g/mol. The van der Waals surface area contributed by atoms with Crippen molar-refractivity contribution in [2.45, 2.75) is 32.7 Å². The highest BCUT2D eigenvalue weighted by molar-refractivity contribution is 5.76. The fourth-order valence-corrected chi connectivity index (χ4v) is 2.33. The molecule has 1 saturated heterocycles. The quantitative estimate of drug-likeness (QED) is 0.844. The normalized spacial score (nSPS) is 17.5. The van der Waals surface area contributed by atoms with Gasteiger partial charge in [-0.05, 0) is 19.4 Å². The molecule has 1 aliphatic rings. The second kappa shape index (κ2) is 7.93. The zero-order valence-corrected chi connectivity index (χ0v) is 13.0. The molecule has 1 aromatic heterocycles. The lowest BCUT2D eigenvalue weighted by Crippen LogP contribution is -2.48. The van der Waals surface area contributed by atoms with Crippen LogP contribution in [0.15, 0.2) is 18.5 Å². The lowest BCUT2D eigenvalue weighted by molar-refractivity contribution is -0.122. The molecule has 1 atom stereocenters. The van der Waals surface area contributed by atoms with Crippen LogP contribution in [0, 0.1) is 0 Å². The van der Waals surface area contributed by atoms with E-state index in [1.807, 2.05) is 13.0 Å². The molecule has 0 aromatic carbocycles. The molecule has 1 aromatic rings. The van der Waals surface area contributed by atoms with Gasteiger partial charge in [0.2, 0.25) is 11.9 Å². The molecule has 0 aliphatic carbocycles. The highest BCUT2D eigenvalue weighted by Gasteiger charge is 2.19. The summed E-state index contributed by atoms with van der Waals surface area (Å²) in [6, 6.07) is 2.10. The summed E-state index contributed by atoms with van der Waals surface area (Å²) in [6.07, 6.45) is 5.09. The van der Waals surface area contributed by atoms with Crippen LogP contribution in [0.1, 0.15) is 26.7 Å². The van der Waals surface area contributed by atoms with E-state index in [2.05, 4.69) is 32.0 Å². The fourth-order valence-electron chi connectivity index (χ4n) is 2.33. The number of carbonyl (C=O) groups excluding carboxylic acids is 1. The summed E-state index contributed by atoms with van der Waals surface area (Å²) < 4.78 is 0. The minimum absolute atomic E-state index is 0.151. The Hall–Kier alpha value is -1.69. The molecule has 116 valence electrons. The molecule has 0 saturated carbocycles. The number of rotatable bonds is 6. The van der Waals surface area contributed by atoms with Crippen LogP contribution in [-0.4, -0.2) is 59.5 Å². The molecular weight excluding hydrogens is 266 g/mol. The largest absolute Gasteiger partial charge is 0.354 e. The number of nitrogens with zero attached hydrogens (tertiary/aromatic N) is 4. The standard InChI is InChI=1S/C15H25N5O/c1-3-13(2)18-14(21)5-8-19-9-11-20(12-10-19)15-16-6-4-7-17-15/h4,6-7,13H,3,5,8-12H2,1-2H3,(H,18,21). The Bertz CT molecular complexity index is 431. The van der Waals surface area contributed by atoms with Crippen molar-refractivity contribution in [2.75, 3.05) is 37.6 Å². The maximum absolute atomic E-state index is 11.8. The van der Waals surface area contributed by atoms with Crippen molar-refractivity contribution in [3.05, 3.63) is 18.5 Å². The van der Waals surface area contributed by atoms with Crippen molar-refractivity contribution in [3.8, 4) is 0 Å². The predicted octanol–water partition coefficient (Wildman–Crippen LogP) is 0.903. The van der Waals surface area contributed by atoms with Gasteiger partial charge >= 0.3 is 0 Å². The maximum Gasteiger partial charge on any atom is 0.225 e. The van der Waals surface area contributed by atoms with Gasteiger partial charge in [0.1, 0.15) is 0 Å². The van der Waals surface area contributed by atoms with Gasteiger partial charge in [-0.25, -0.2) is 9.97 Å². The van der Waals surface area contributed by atoms with Gasteiger partial charge in [-0.1, -0.05) is 6.92 Å². The van der Waals surface area contributed by atoms with E-state index in [1.165, 1.54) is 0 Å². The Labute approximate surface area is 126 Å². The Balaban J connectivity index is 1.69. The molecule has 1 fully saturated rings. The summed E-state index contributed by atoms with van der Waals surface area (Å²) in [5, 5.41) is 3.01. The van der Waals surface area contributed by atoms with E-state index in [1.54, 1.807) is 12.4 Å². The third-order valence-electron chi connectivity index (χ3n) is 3.88. The number of anilines is 1. The zero-order valence-electron chi connectivity index (χ0n) is 13.0. The van der Waals surface area contributed by atoms with Gasteiger partial charge in [0.05, 0.1) is 0 Å². The Morgan fingerprint density at radius 1 is 1.29 bits per heavy atom. The summed E-state index contributed by atoms with van der Waals surface area (Å²) in [7, 11) is 0. The van der Waals surface area contributed by atoms with E-state index in [0.29, 0.717) is 6.42 Å². The summed E-state index contributed by atoms with van der Waals surface area (Å²) in [5.41, 5.74) is 0. The number of aromatic nitrogens is 2. The average molecular weight is 291 g/mol. The molecule has 1 amide bonds. The van der Waals surface area contributed by atoms with Crippen LogP contribution in [-0.2, 0) is 4.79 Å². The molecule has 1 aliphatic heterocycles. The molecule has 21 heavy (non-hydrogen) atoms. The summed E-state index contributed by atoms with van der Waals surface area (Å²) in [6.45, 7) is 8.68. The molecular formula is C15H25N5O. The van der Waals surface area contributed by atoms with Crippen LogP contribution in [0.2, 0.25) is 0 Å². The molecule has 6 nitrogen and oxygen atoms in total. The summed E-state index contributed by atoms with van der Waals surface area (Å²) in [4.78, 5) is 24.8. The van der Waals surface area contributed by atoms with Gasteiger partial charge in [0.25, 0.3) is 0 Å². The second-order valence-electron chi connectivity index (χ2n) is 5.50.